The van der Waals surface area contributed by atoms with Gasteiger partial charge >= 0.3 is 0 Å². The smallest absolute Gasteiger partial charge is 0.103 e. The molecular weight excluding hydrogens is 222 g/mol. The maximum absolute atomic E-state index is 9.46. The topological polar surface area (TPSA) is 98.5 Å². The Balaban J connectivity index is 2.24. The molecule has 0 aliphatic rings. The summed E-state index contributed by atoms with van der Waals surface area (Å²) in [4.78, 5) is 2.50. The van der Waals surface area contributed by atoms with Crippen molar-refractivity contribution in [2.75, 3.05) is 13.2 Å². The second-order valence-electron chi connectivity index (χ2n) is 3.55. The van der Waals surface area contributed by atoms with Crippen LogP contribution in [0.25, 0.3) is 10.4 Å². The van der Waals surface area contributed by atoms with Crippen LogP contribution in [0.2, 0.25) is 0 Å². The number of benzene rings is 1. The fourth-order valence-corrected chi connectivity index (χ4v) is 1.22. The van der Waals surface area contributed by atoms with Gasteiger partial charge in [-0.2, -0.15) is 0 Å². The van der Waals surface area contributed by atoms with Crippen LogP contribution in [0.4, 0.5) is 0 Å². The number of nitrogens with zero attached hydrogens (tertiary/aromatic N) is 3. The first kappa shape index (κ1) is 13.5. The third-order valence-electron chi connectivity index (χ3n) is 2.18. The van der Waals surface area contributed by atoms with Gasteiger partial charge in [0.1, 0.15) is 6.10 Å². The Bertz CT molecular complexity index is 365. The minimum atomic E-state index is -1.10. The highest BCUT2D eigenvalue weighted by Gasteiger charge is 2.15. The molecule has 0 radical (unpaired) electrons. The Morgan fingerprint density at radius 3 is 2.59 bits per heavy atom. The first-order valence-corrected chi connectivity index (χ1v) is 5.22. The predicted molar refractivity (Wildman–Crippen MR) is 62.1 cm³/mol. The molecule has 0 aliphatic heterocycles. The van der Waals surface area contributed by atoms with Crippen LogP contribution in [-0.2, 0) is 11.3 Å². The van der Waals surface area contributed by atoms with Crippen molar-refractivity contribution in [3.05, 3.63) is 46.3 Å². The Labute approximate surface area is 99.1 Å². The van der Waals surface area contributed by atoms with Gasteiger partial charge in [0.2, 0.25) is 0 Å². The van der Waals surface area contributed by atoms with Crippen LogP contribution < -0.4 is 0 Å². The number of aliphatic hydroxyl groups is 2. The van der Waals surface area contributed by atoms with Gasteiger partial charge in [-0.1, -0.05) is 35.4 Å². The Morgan fingerprint density at radius 1 is 1.24 bits per heavy atom. The molecule has 1 rings (SSSR count). The van der Waals surface area contributed by atoms with Gasteiger partial charge in [0.15, 0.2) is 0 Å². The van der Waals surface area contributed by atoms with E-state index in [-0.39, 0.29) is 13.2 Å². The van der Waals surface area contributed by atoms with Crippen LogP contribution in [0.1, 0.15) is 5.56 Å². The van der Waals surface area contributed by atoms with E-state index in [1.807, 2.05) is 30.3 Å². The number of rotatable bonds is 7. The van der Waals surface area contributed by atoms with E-state index in [0.29, 0.717) is 6.61 Å². The van der Waals surface area contributed by atoms with Crippen LogP contribution in [0.3, 0.4) is 0 Å². The molecule has 2 atom stereocenters. The lowest BCUT2D eigenvalue weighted by atomic mass is 10.2. The highest BCUT2D eigenvalue weighted by molar-refractivity contribution is 5.13. The summed E-state index contributed by atoms with van der Waals surface area (Å²) in [6.07, 6.45) is -2.15. The Hall–Kier alpha value is -1.59. The van der Waals surface area contributed by atoms with Gasteiger partial charge in [-0.3, -0.25) is 0 Å². The van der Waals surface area contributed by atoms with Gasteiger partial charge in [-0.15, -0.1) is 0 Å². The van der Waals surface area contributed by atoms with E-state index in [4.69, 9.17) is 10.3 Å². The van der Waals surface area contributed by atoms with Gasteiger partial charge in [-0.25, -0.2) is 0 Å². The van der Waals surface area contributed by atoms with Gasteiger partial charge in [0, 0.05) is 4.91 Å². The molecule has 0 spiro atoms. The molecule has 0 saturated heterocycles. The van der Waals surface area contributed by atoms with Crippen molar-refractivity contribution in [2.24, 2.45) is 5.11 Å². The molecule has 0 fully saturated rings. The summed E-state index contributed by atoms with van der Waals surface area (Å²) >= 11 is 0. The highest BCUT2D eigenvalue weighted by atomic mass is 16.5. The number of hydrogen-bond acceptors (Lipinski definition) is 4. The van der Waals surface area contributed by atoms with Crippen molar-refractivity contribution >= 4 is 0 Å². The summed E-state index contributed by atoms with van der Waals surface area (Å²) in [5.74, 6) is 0. The fourth-order valence-electron chi connectivity index (χ4n) is 1.22. The van der Waals surface area contributed by atoms with Crippen LogP contribution >= 0.6 is 0 Å². The van der Waals surface area contributed by atoms with Gasteiger partial charge in [0.25, 0.3) is 0 Å². The third kappa shape index (κ3) is 5.33. The van der Waals surface area contributed by atoms with Crippen molar-refractivity contribution in [1.82, 2.24) is 0 Å². The average molecular weight is 237 g/mol. The number of hydrogen-bond donors (Lipinski definition) is 2. The van der Waals surface area contributed by atoms with Gasteiger partial charge < -0.3 is 14.9 Å². The molecule has 92 valence electrons. The number of ether oxygens (including phenoxy) is 1. The van der Waals surface area contributed by atoms with Crippen LogP contribution in [-0.4, -0.2) is 35.6 Å². The van der Waals surface area contributed by atoms with Crippen LogP contribution in [0, 0.1) is 0 Å². The quantitative estimate of drug-likeness (QED) is 0.424. The van der Waals surface area contributed by atoms with Crippen molar-refractivity contribution in [2.45, 2.75) is 18.8 Å². The summed E-state index contributed by atoms with van der Waals surface area (Å²) < 4.78 is 5.24. The maximum Gasteiger partial charge on any atom is 0.103 e. The van der Waals surface area contributed by atoms with E-state index < -0.39 is 12.2 Å². The molecule has 0 amide bonds. The highest BCUT2D eigenvalue weighted by Crippen LogP contribution is 2.02. The van der Waals surface area contributed by atoms with E-state index in [1.54, 1.807) is 0 Å². The molecule has 17 heavy (non-hydrogen) atoms. The van der Waals surface area contributed by atoms with E-state index >= 15 is 0 Å². The lowest BCUT2D eigenvalue weighted by molar-refractivity contribution is -0.0382. The summed E-state index contributed by atoms with van der Waals surface area (Å²) in [6, 6.07) is 9.50. The predicted octanol–water partition coefficient (Wildman–Crippen LogP) is 1.24. The van der Waals surface area contributed by atoms with Gasteiger partial charge in [0.05, 0.1) is 25.9 Å². The van der Waals surface area contributed by atoms with Crippen molar-refractivity contribution in [3.63, 3.8) is 0 Å². The van der Waals surface area contributed by atoms with E-state index in [0.717, 1.165) is 5.56 Å². The van der Waals surface area contributed by atoms with Gasteiger partial charge in [-0.05, 0) is 11.1 Å². The molecule has 2 N–H and O–H groups in total. The SMILES string of the molecule is [N-]=[N+]=NC[C@H](O)[C@H](O)COCc1ccccc1. The van der Waals surface area contributed by atoms with Crippen LogP contribution in [0.5, 0.6) is 0 Å². The van der Waals surface area contributed by atoms with E-state index in [1.165, 1.54) is 0 Å². The number of azide groups is 1. The Kier molecular flexibility index (Phi) is 6.06. The normalized spacial score (nSPS) is 13.8. The molecule has 6 nitrogen and oxygen atoms in total. The molecule has 0 saturated carbocycles. The van der Waals surface area contributed by atoms with E-state index in [2.05, 4.69) is 10.0 Å². The zero-order chi connectivity index (χ0) is 12.5. The third-order valence-corrected chi connectivity index (χ3v) is 2.18. The lowest BCUT2D eigenvalue weighted by Crippen LogP contribution is -2.32. The molecule has 0 aromatic heterocycles. The maximum atomic E-state index is 9.46. The minimum Gasteiger partial charge on any atom is -0.390 e. The van der Waals surface area contributed by atoms with Crippen molar-refractivity contribution in [1.29, 1.82) is 0 Å². The standard InChI is InChI=1S/C11H15N3O3/c12-14-13-6-10(15)11(16)8-17-7-9-4-2-1-3-5-9/h1-5,10-11,15-16H,6-8H2/t10-,11+/m0/s1. The number of aliphatic hydroxyl groups excluding tert-OH is 2. The van der Waals surface area contributed by atoms with Crippen molar-refractivity contribution in [3.8, 4) is 0 Å². The molecule has 0 bridgehead atoms. The monoisotopic (exact) mass is 237 g/mol. The first-order chi connectivity index (χ1) is 8.24. The second-order valence-corrected chi connectivity index (χ2v) is 3.55. The minimum absolute atomic E-state index is 0.00297. The second kappa shape index (κ2) is 7.65. The molecule has 1 aromatic carbocycles. The summed E-state index contributed by atoms with van der Waals surface area (Å²) in [6.45, 7) is 0.204. The van der Waals surface area contributed by atoms with Crippen LogP contribution in [0.15, 0.2) is 35.4 Å². The fraction of sp³-hybridized carbons (Fsp3) is 0.455. The molecule has 0 unspecified atom stereocenters. The molecule has 6 heteroatoms. The zero-order valence-electron chi connectivity index (χ0n) is 9.31. The molecule has 1 aromatic rings. The zero-order valence-corrected chi connectivity index (χ0v) is 9.31. The summed E-state index contributed by atoms with van der Waals surface area (Å²) in [5, 5.41) is 22.0. The molecule has 0 heterocycles. The molecule has 0 aliphatic carbocycles. The summed E-state index contributed by atoms with van der Waals surface area (Å²) in [7, 11) is 0. The Morgan fingerprint density at radius 2 is 1.94 bits per heavy atom. The van der Waals surface area contributed by atoms with E-state index in [9.17, 15) is 10.2 Å². The molecular formula is C11H15N3O3. The van der Waals surface area contributed by atoms with Crippen molar-refractivity contribution < 1.29 is 14.9 Å². The average Bonchev–Trinajstić information content (AvgIpc) is 2.37. The summed E-state index contributed by atoms with van der Waals surface area (Å²) in [5.41, 5.74) is 9.05. The largest absolute Gasteiger partial charge is 0.390 e. The lowest BCUT2D eigenvalue weighted by Gasteiger charge is -2.15. The first-order valence-electron chi connectivity index (χ1n) is 5.22.